The van der Waals surface area contributed by atoms with Crippen LogP contribution in [0.3, 0.4) is 0 Å². The first-order chi connectivity index (χ1) is 15.2. The Balaban J connectivity index is 1.44. The Labute approximate surface area is 187 Å². The van der Waals surface area contributed by atoms with Crippen LogP contribution in [0.2, 0.25) is 0 Å². The fourth-order valence-electron chi connectivity index (χ4n) is 3.69. The van der Waals surface area contributed by atoms with Gasteiger partial charge in [0.1, 0.15) is 10.6 Å². The van der Waals surface area contributed by atoms with Gasteiger partial charge in [-0.3, -0.25) is 14.5 Å². The minimum absolute atomic E-state index is 0.0424. The molecule has 3 rings (SSSR count). The summed E-state index contributed by atoms with van der Waals surface area (Å²) in [5.74, 6) is -0.312. The Morgan fingerprint density at radius 1 is 1.19 bits per heavy atom. The molecule has 10 nitrogen and oxygen atoms in total. The number of carbonyl (C=O) groups is 2. The van der Waals surface area contributed by atoms with Crippen LogP contribution in [0.15, 0.2) is 39.8 Å². The Morgan fingerprint density at radius 2 is 1.84 bits per heavy atom. The summed E-state index contributed by atoms with van der Waals surface area (Å²) >= 11 is 0. The van der Waals surface area contributed by atoms with Crippen LogP contribution in [0.25, 0.3) is 0 Å². The molecule has 0 saturated carbocycles. The number of hydrogen-bond donors (Lipinski definition) is 3. The van der Waals surface area contributed by atoms with Crippen LogP contribution in [-0.4, -0.2) is 62.0 Å². The number of rotatable bonds is 8. The van der Waals surface area contributed by atoms with Crippen LogP contribution < -0.4 is 15.4 Å². The van der Waals surface area contributed by atoms with Crippen molar-refractivity contribution in [1.82, 2.24) is 20.1 Å². The highest BCUT2D eigenvalue weighted by Crippen LogP contribution is 2.19. The summed E-state index contributed by atoms with van der Waals surface area (Å²) in [6.45, 7) is 6.13. The molecule has 1 aliphatic heterocycles. The van der Waals surface area contributed by atoms with Crippen LogP contribution in [-0.2, 0) is 19.6 Å². The molecule has 0 aliphatic carbocycles. The van der Waals surface area contributed by atoms with Crippen molar-refractivity contribution in [2.45, 2.75) is 50.6 Å². The number of nitrogens with zero attached hydrogens (tertiary/aromatic N) is 2. The van der Waals surface area contributed by atoms with Crippen LogP contribution in [0.1, 0.15) is 31.2 Å². The van der Waals surface area contributed by atoms with E-state index in [2.05, 4.69) is 20.5 Å². The molecule has 3 N–H and O–H groups in total. The molecule has 174 valence electrons. The van der Waals surface area contributed by atoms with Crippen molar-refractivity contribution in [1.29, 1.82) is 0 Å². The quantitative estimate of drug-likeness (QED) is 0.535. The van der Waals surface area contributed by atoms with E-state index < -0.39 is 22.0 Å². The monoisotopic (exact) mass is 463 g/mol. The van der Waals surface area contributed by atoms with E-state index in [-0.39, 0.29) is 34.8 Å². The SMILES string of the molecule is Cc1noc(C)c1S(=O)(=O)N[C@@H](C)C(=O)NC1CCN(CC(=O)Nc2ccccc2)CC1. The number of nitrogens with one attached hydrogen (secondary N) is 3. The number of amides is 2. The number of likely N-dealkylation sites (tertiary alicyclic amines) is 1. The lowest BCUT2D eigenvalue weighted by Crippen LogP contribution is -2.51. The lowest BCUT2D eigenvalue weighted by atomic mass is 10.0. The first-order valence-corrected chi connectivity index (χ1v) is 12.0. The van der Waals surface area contributed by atoms with E-state index in [4.69, 9.17) is 4.52 Å². The highest BCUT2D eigenvalue weighted by Gasteiger charge is 2.29. The maximum Gasteiger partial charge on any atom is 0.246 e. The summed E-state index contributed by atoms with van der Waals surface area (Å²) in [6, 6.07) is 8.24. The molecular weight excluding hydrogens is 434 g/mol. The number of carbonyl (C=O) groups excluding carboxylic acids is 2. The Bertz CT molecular complexity index is 1030. The van der Waals surface area contributed by atoms with Gasteiger partial charge in [-0.25, -0.2) is 8.42 Å². The molecule has 0 bridgehead atoms. The molecule has 1 aliphatic rings. The molecule has 0 spiro atoms. The zero-order valence-corrected chi connectivity index (χ0v) is 19.2. The van der Waals surface area contributed by atoms with Crippen molar-refractivity contribution in [2.24, 2.45) is 0 Å². The second-order valence-electron chi connectivity index (χ2n) is 7.97. The number of benzene rings is 1. The van der Waals surface area contributed by atoms with Gasteiger partial charge in [0, 0.05) is 24.8 Å². The fraction of sp³-hybridized carbons (Fsp3) is 0.476. The lowest BCUT2D eigenvalue weighted by Gasteiger charge is -2.32. The predicted molar refractivity (Wildman–Crippen MR) is 118 cm³/mol. The van der Waals surface area contributed by atoms with Crippen molar-refractivity contribution in [3.8, 4) is 0 Å². The maximum absolute atomic E-state index is 12.6. The molecular formula is C21H29N5O5S. The number of piperidine rings is 1. The van der Waals surface area contributed by atoms with E-state index in [1.165, 1.54) is 20.8 Å². The molecule has 11 heteroatoms. The zero-order chi connectivity index (χ0) is 23.3. The summed E-state index contributed by atoms with van der Waals surface area (Å²) in [5.41, 5.74) is 0.999. The summed E-state index contributed by atoms with van der Waals surface area (Å²) in [5, 5.41) is 9.41. The van der Waals surface area contributed by atoms with Gasteiger partial charge in [0.25, 0.3) is 0 Å². The van der Waals surface area contributed by atoms with Crippen LogP contribution in [0.4, 0.5) is 5.69 Å². The van der Waals surface area contributed by atoms with E-state index in [0.717, 1.165) is 5.69 Å². The van der Waals surface area contributed by atoms with Gasteiger partial charge in [-0.05, 0) is 45.7 Å². The van der Waals surface area contributed by atoms with Gasteiger partial charge < -0.3 is 15.2 Å². The van der Waals surface area contributed by atoms with Gasteiger partial charge in [-0.1, -0.05) is 23.4 Å². The molecule has 2 amide bonds. The third-order valence-corrected chi connectivity index (χ3v) is 7.10. The maximum atomic E-state index is 12.6. The molecule has 1 aromatic heterocycles. The topological polar surface area (TPSA) is 134 Å². The summed E-state index contributed by atoms with van der Waals surface area (Å²) < 4.78 is 32.5. The normalized spacial score (nSPS) is 16.5. The first kappa shape index (κ1) is 23.9. The molecule has 0 radical (unpaired) electrons. The minimum Gasteiger partial charge on any atom is -0.360 e. The lowest BCUT2D eigenvalue weighted by molar-refractivity contribution is -0.123. The highest BCUT2D eigenvalue weighted by atomic mass is 32.2. The van der Waals surface area contributed by atoms with Crippen LogP contribution >= 0.6 is 0 Å². The van der Waals surface area contributed by atoms with E-state index in [9.17, 15) is 18.0 Å². The second-order valence-corrected chi connectivity index (χ2v) is 9.62. The van der Waals surface area contributed by atoms with Crippen molar-refractivity contribution >= 4 is 27.5 Å². The van der Waals surface area contributed by atoms with Gasteiger partial charge in [0.15, 0.2) is 5.76 Å². The fourth-order valence-corrected chi connectivity index (χ4v) is 5.22. The number of sulfonamides is 1. The summed E-state index contributed by atoms with van der Waals surface area (Å²) in [7, 11) is -3.93. The minimum atomic E-state index is -3.93. The largest absolute Gasteiger partial charge is 0.360 e. The number of hydrogen-bond acceptors (Lipinski definition) is 7. The van der Waals surface area contributed by atoms with E-state index in [1.54, 1.807) is 0 Å². The smallest absolute Gasteiger partial charge is 0.246 e. The standard InChI is InChI=1S/C21H29N5O5S/c1-14-20(16(3)31-24-14)32(29,30)25-15(2)21(28)23-18-9-11-26(12-10-18)13-19(27)22-17-7-5-4-6-8-17/h4-8,15,18,25H,9-13H2,1-3H3,(H,22,27)(H,23,28)/t15-/m0/s1. The average Bonchev–Trinajstić information content (AvgIpc) is 3.08. The summed E-state index contributed by atoms with van der Waals surface area (Å²) in [4.78, 5) is 26.7. The molecule has 2 aromatic rings. The van der Waals surface area contributed by atoms with E-state index in [0.29, 0.717) is 25.9 Å². The van der Waals surface area contributed by atoms with E-state index >= 15 is 0 Å². The van der Waals surface area contributed by atoms with E-state index in [1.807, 2.05) is 35.2 Å². The molecule has 1 atom stereocenters. The van der Waals surface area contributed by atoms with Gasteiger partial charge >= 0.3 is 0 Å². The van der Waals surface area contributed by atoms with Gasteiger partial charge in [-0.2, -0.15) is 4.72 Å². The molecule has 1 saturated heterocycles. The van der Waals surface area contributed by atoms with Crippen molar-refractivity contribution in [2.75, 3.05) is 25.0 Å². The van der Waals surface area contributed by atoms with Gasteiger partial charge in [-0.15, -0.1) is 0 Å². The molecule has 1 fully saturated rings. The molecule has 32 heavy (non-hydrogen) atoms. The predicted octanol–water partition coefficient (Wildman–Crippen LogP) is 1.18. The third kappa shape index (κ3) is 6.15. The Hall–Kier alpha value is -2.76. The number of para-hydroxylation sites is 1. The number of aryl methyl sites for hydroxylation is 2. The summed E-state index contributed by atoms with van der Waals surface area (Å²) in [6.07, 6.45) is 1.35. The Morgan fingerprint density at radius 3 is 2.44 bits per heavy atom. The molecule has 1 aromatic carbocycles. The molecule has 2 heterocycles. The Kier molecular flexibility index (Phi) is 7.64. The van der Waals surface area contributed by atoms with Gasteiger partial charge in [0.05, 0.1) is 12.6 Å². The zero-order valence-electron chi connectivity index (χ0n) is 18.4. The number of anilines is 1. The average molecular weight is 464 g/mol. The number of aromatic nitrogens is 1. The van der Waals surface area contributed by atoms with Crippen molar-refractivity contribution in [3.63, 3.8) is 0 Å². The van der Waals surface area contributed by atoms with Crippen LogP contribution in [0.5, 0.6) is 0 Å². The second kappa shape index (κ2) is 10.2. The van der Waals surface area contributed by atoms with Gasteiger partial charge in [0.2, 0.25) is 21.8 Å². The molecule has 0 unspecified atom stereocenters. The highest BCUT2D eigenvalue weighted by molar-refractivity contribution is 7.89. The van der Waals surface area contributed by atoms with Crippen molar-refractivity contribution < 1.29 is 22.5 Å². The third-order valence-electron chi connectivity index (χ3n) is 5.32. The first-order valence-electron chi connectivity index (χ1n) is 10.5. The van der Waals surface area contributed by atoms with Crippen molar-refractivity contribution in [3.05, 3.63) is 41.8 Å². The van der Waals surface area contributed by atoms with Crippen LogP contribution in [0, 0.1) is 13.8 Å².